The van der Waals surface area contributed by atoms with Gasteiger partial charge in [0.1, 0.15) is 0 Å². The molecule has 7 heteroatoms. The maximum absolute atomic E-state index is 11.7. The minimum atomic E-state index is -0.877. The van der Waals surface area contributed by atoms with Crippen LogP contribution in [0.3, 0.4) is 0 Å². The normalized spacial score (nSPS) is 16.2. The summed E-state index contributed by atoms with van der Waals surface area (Å²) in [4.78, 5) is 34.4. The molecule has 3 amide bonds. The molecule has 1 saturated carbocycles. The van der Waals surface area contributed by atoms with E-state index in [1.807, 2.05) is 6.92 Å². The SMILES string of the molecule is CCCC(CNC(=O)CCCNC(=O)NC1CCCCC1)C(=O)O. The van der Waals surface area contributed by atoms with Crippen molar-refractivity contribution in [3.8, 4) is 0 Å². The van der Waals surface area contributed by atoms with Gasteiger partial charge in [-0.05, 0) is 25.7 Å². The highest BCUT2D eigenvalue weighted by molar-refractivity contribution is 5.77. The molecular weight excluding hydrogens is 310 g/mol. The third kappa shape index (κ3) is 8.74. The molecular formula is C17H31N3O4. The van der Waals surface area contributed by atoms with Gasteiger partial charge in [0.2, 0.25) is 5.91 Å². The van der Waals surface area contributed by atoms with Gasteiger partial charge in [0.25, 0.3) is 0 Å². The van der Waals surface area contributed by atoms with Crippen molar-refractivity contribution >= 4 is 17.9 Å². The smallest absolute Gasteiger partial charge is 0.315 e. The molecule has 0 aliphatic heterocycles. The first-order valence-electron chi connectivity index (χ1n) is 9.06. The van der Waals surface area contributed by atoms with E-state index in [0.29, 0.717) is 19.4 Å². The number of aliphatic carboxylic acids is 1. The van der Waals surface area contributed by atoms with Crippen molar-refractivity contribution in [2.75, 3.05) is 13.1 Å². The van der Waals surface area contributed by atoms with Crippen molar-refractivity contribution in [1.82, 2.24) is 16.0 Å². The molecule has 0 radical (unpaired) electrons. The Morgan fingerprint density at radius 3 is 2.46 bits per heavy atom. The van der Waals surface area contributed by atoms with Crippen LogP contribution in [-0.2, 0) is 9.59 Å². The van der Waals surface area contributed by atoms with Crippen LogP contribution < -0.4 is 16.0 Å². The fourth-order valence-corrected chi connectivity index (χ4v) is 2.92. The summed E-state index contributed by atoms with van der Waals surface area (Å²) in [5.74, 6) is -1.58. The van der Waals surface area contributed by atoms with Gasteiger partial charge in [-0.2, -0.15) is 0 Å². The summed E-state index contributed by atoms with van der Waals surface area (Å²) in [7, 11) is 0. The Labute approximate surface area is 144 Å². The van der Waals surface area contributed by atoms with Gasteiger partial charge in [-0.15, -0.1) is 0 Å². The summed E-state index contributed by atoms with van der Waals surface area (Å²) < 4.78 is 0. The van der Waals surface area contributed by atoms with E-state index >= 15 is 0 Å². The predicted octanol–water partition coefficient (Wildman–Crippen LogP) is 2.02. The first-order chi connectivity index (χ1) is 11.5. The van der Waals surface area contributed by atoms with E-state index in [1.54, 1.807) is 0 Å². The molecule has 1 fully saturated rings. The zero-order chi connectivity index (χ0) is 17.8. The van der Waals surface area contributed by atoms with Crippen LogP contribution >= 0.6 is 0 Å². The molecule has 1 aliphatic carbocycles. The number of rotatable bonds is 10. The fourth-order valence-electron chi connectivity index (χ4n) is 2.92. The van der Waals surface area contributed by atoms with Gasteiger partial charge >= 0.3 is 12.0 Å². The maximum Gasteiger partial charge on any atom is 0.315 e. The molecule has 1 unspecified atom stereocenters. The van der Waals surface area contributed by atoms with Crippen molar-refractivity contribution < 1.29 is 19.5 Å². The van der Waals surface area contributed by atoms with Gasteiger partial charge in [0, 0.05) is 25.6 Å². The Balaban J connectivity index is 2.07. The Morgan fingerprint density at radius 1 is 1.12 bits per heavy atom. The minimum absolute atomic E-state index is 0.164. The lowest BCUT2D eigenvalue weighted by molar-refractivity contribution is -0.141. The molecule has 1 rings (SSSR count). The molecule has 7 nitrogen and oxygen atoms in total. The van der Waals surface area contributed by atoms with Gasteiger partial charge in [0.15, 0.2) is 0 Å². The Hall–Kier alpha value is -1.79. The number of carbonyl (C=O) groups is 3. The molecule has 0 aromatic carbocycles. The Kier molecular flexibility index (Phi) is 9.88. The van der Waals surface area contributed by atoms with E-state index in [9.17, 15) is 14.4 Å². The first kappa shape index (κ1) is 20.3. The van der Waals surface area contributed by atoms with Crippen LogP contribution in [0.1, 0.15) is 64.7 Å². The molecule has 0 spiro atoms. The standard InChI is InChI=1S/C17H31N3O4/c1-2-7-13(16(22)23)12-19-15(21)10-6-11-18-17(24)20-14-8-4-3-5-9-14/h13-14H,2-12H2,1H3,(H,19,21)(H,22,23)(H2,18,20,24). The Morgan fingerprint density at radius 2 is 1.83 bits per heavy atom. The Bertz CT molecular complexity index is 409. The molecule has 0 saturated heterocycles. The zero-order valence-corrected chi connectivity index (χ0v) is 14.6. The molecule has 0 aromatic heterocycles. The average Bonchev–Trinajstić information content (AvgIpc) is 2.56. The highest BCUT2D eigenvalue weighted by Gasteiger charge is 2.17. The van der Waals surface area contributed by atoms with Crippen LogP contribution in [0.15, 0.2) is 0 Å². The van der Waals surface area contributed by atoms with Crippen molar-refractivity contribution in [1.29, 1.82) is 0 Å². The first-order valence-corrected chi connectivity index (χ1v) is 9.06. The molecule has 1 atom stereocenters. The van der Waals surface area contributed by atoms with Gasteiger partial charge < -0.3 is 21.1 Å². The maximum atomic E-state index is 11.7. The van der Waals surface area contributed by atoms with Crippen LogP contribution in [0.5, 0.6) is 0 Å². The number of carbonyl (C=O) groups excluding carboxylic acids is 2. The zero-order valence-electron chi connectivity index (χ0n) is 14.6. The van der Waals surface area contributed by atoms with Crippen LogP contribution in [0, 0.1) is 5.92 Å². The number of nitrogens with one attached hydrogen (secondary N) is 3. The molecule has 0 heterocycles. The largest absolute Gasteiger partial charge is 0.481 e. The van der Waals surface area contributed by atoms with Gasteiger partial charge in [-0.1, -0.05) is 32.6 Å². The van der Waals surface area contributed by atoms with Crippen LogP contribution in [0.2, 0.25) is 0 Å². The predicted molar refractivity (Wildman–Crippen MR) is 91.7 cm³/mol. The molecule has 0 aromatic rings. The van der Waals surface area contributed by atoms with Crippen molar-refractivity contribution in [3.63, 3.8) is 0 Å². The van der Waals surface area contributed by atoms with Crippen LogP contribution in [0.4, 0.5) is 4.79 Å². The number of hydrogen-bond donors (Lipinski definition) is 4. The molecule has 4 N–H and O–H groups in total. The van der Waals surface area contributed by atoms with Crippen LogP contribution in [0.25, 0.3) is 0 Å². The molecule has 138 valence electrons. The lowest BCUT2D eigenvalue weighted by Crippen LogP contribution is -2.43. The van der Waals surface area contributed by atoms with E-state index < -0.39 is 11.9 Å². The number of urea groups is 1. The van der Waals surface area contributed by atoms with Crippen molar-refractivity contribution in [3.05, 3.63) is 0 Å². The fraction of sp³-hybridized carbons (Fsp3) is 0.824. The van der Waals surface area contributed by atoms with E-state index in [1.165, 1.54) is 19.3 Å². The van der Waals surface area contributed by atoms with Crippen molar-refractivity contribution in [2.45, 2.75) is 70.8 Å². The van der Waals surface area contributed by atoms with E-state index in [-0.39, 0.29) is 30.9 Å². The second-order valence-electron chi connectivity index (χ2n) is 6.47. The number of carboxylic acid groups (broad SMARTS) is 1. The quantitative estimate of drug-likeness (QED) is 0.456. The molecule has 0 bridgehead atoms. The summed E-state index contributed by atoms with van der Waals surface area (Å²) in [6.07, 6.45) is 7.80. The van der Waals surface area contributed by atoms with Gasteiger partial charge in [0.05, 0.1) is 5.92 Å². The van der Waals surface area contributed by atoms with E-state index in [0.717, 1.165) is 19.3 Å². The highest BCUT2D eigenvalue weighted by atomic mass is 16.4. The lowest BCUT2D eigenvalue weighted by atomic mass is 9.96. The lowest BCUT2D eigenvalue weighted by Gasteiger charge is -2.22. The summed E-state index contributed by atoms with van der Waals surface area (Å²) in [6.45, 7) is 2.52. The highest BCUT2D eigenvalue weighted by Crippen LogP contribution is 2.17. The summed E-state index contributed by atoms with van der Waals surface area (Å²) in [6, 6.07) is 0.102. The monoisotopic (exact) mass is 341 g/mol. The van der Waals surface area contributed by atoms with E-state index in [4.69, 9.17) is 5.11 Å². The molecule has 1 aliphatic rings. The number of amides is 3. The summed E-state index contributed by atoms with van der Waals surface area (Å²) in [5.41, 5.74) is 0. The van der Waals surface area contributed by atoms with Crippen molar-refractivity contribution in [2.24, 2.45) is 5.92 Å². The van der Waals surface area contributed by atoms with Crippen LogP contribution in [-0.4, -0.2) is 42.1 Å². The minimum Gasteiger partial charge on any atom is -0.481 e. The summed E-state index contributed by atoms with van der Waals surface area (Å²) in [5, 5.41) is 17.4. The topological polar surface area (TPSA) is 108 Å². The van der Waals surface area contributed by atoms with Gasteiger partial charge in [-0.3, -0.25) is 9.59 Å². The third-order valence-corrected chi connectivity index (χ3v) is 4.34. The van der Waals surface area contributed by atoms with Gasteiger partial charge in [-0.25, -0.2) is 4.79 Å². The second-order valence-corrected chi connectivity index (χ2v) is 6.47. The number of carboxylic acids is 1. The molecule has 24 heavy (non-hydrogen) atoms. The second kappa shape index (κ2) is 11.7. The summed E-state index contributed by atoms with van der Waals surface area (Å²) >= 11 is 0. The van der Waals surface area contributed by atoms with E-state index in [2.05, 4.69) is 16.0 Å². The third-order valence-electron chi connectivity index (χ3n) is 4.34. The number of hydrogen-bond acceptors (Lipinski definition) is 3. The average molecular weight is 341 g/mol.